The van der Waals surface area contributed by atoms with Gasteiger partial charge in [-0.05, 0) is 61.6 Å². The minimum absolute atomic E-state index is 0.0196. The number of halogens is 2. The quantitative estimate of drug-likeness (QED) is 0.801. The van der Waals surface area contributed by atoms with Gasteiger partial charge < -0.3 is 10.2 Å². The molecule has 2 atom stereocenters. The van der Waals surface area contributed by atoms with Gasteiger partial charge in [-0.2, -0.15) is 5.26 Å². The Morgan fingerprint density at radius 3 is 2.63 bits per heavy atom. The van der Waals surface area contributed by atoms with Crippen molar-refractivity contribution >= 4 is 23.3 Å². The van der Waals surface area contributed by atoms with Gasteiger partial charge >= 0.3 is 6.03 Å². The predicted octanol–water partition coefficient (Wildman–Crippen LogP) is 5.07. The normalized spacial score (nSPS) is 22.6. The van der Waals surface area contributed by atoms with Crippen molar-refractivity contribution < 1.29 is 9.18 Å². The minimum atomic E-state index is -1.17. The number of carbonyl (C=O) groups is 1. The van der Waals surface area contributed by atoms with E-state index < -0.39 is 11.7 Å². The molecule has 1 aliphatic carbocycles. The van der Waals surface area contributed by atoms with Gasteiger partial charge in [0.05, 0.1) is 18.2 Å². The van der Waals surface area contributed by atoms with Crippen LogP contribution >= 0.6 is 11.6 Å². The summed E-state index contributed by atoms with van der Waals surface area (Å²) in [5.41, 5.74) is 2.20. The van der Waals surface area contributed by atoms with Crippen LogP contribution in [0, 0.1) is 17.2 Å². The van der Waals surface area contributed by atoms with E-state index in [4.69, 9.17) is 16.9 Å². The van der Waals surface area contributed by atoms with Crippen LogP contribution < -0.4 is 5.32 Å². The fraction of sp³-hybridized carbons (Fsp3) is 0.333. The van der Waals surface area contributed by atoms with Gasteiger partial charge in [-0.3, -0.25) is 0 Å². The molecule has 138 valence electrons. The number of carbonyl (C=O) groups excluding carboxylic acids is 1. The maximum atomic E-state index is 14.1. The van der Waals surface area contributed by atoms with E-state index in [0.29, 0.717) is 16.3 Å². The van der Waals surface area contributed by atoms with Gasteiger partial charge in [-0.1, -0.05) is 23.7 Å². The zero-order valence-corrected chi connectivity index (χ0v) is 15.6. The molecule has 0 radical (unpaired) electrons. The molecule has 1 heterocycles. The molecular formula is C21H19ClFN3O. The first-order chi connectivity index (χ1) is 13.0. The summed E-state index contributed by atoms with van der Waals surface area (Å²) in [6, 6.07) is 14.4. The molecule has 6 heteroatoms. The van der Waals surface area contributed by atoms with Crippen LogP contribution in [0.3, 0.4) is 0 Å². The second-order valence-electron chi connectivity index (χ2n) is 7.24. The number of nitrogens with one attached hydrogen (secondary N) is 1. The third-order valence-electron chi connectivity index (χ3n) is 5.36. The molecule has 1 N–H and O–H groups in total. The van der Waals surface area contributed by atoms with Crippen LogP contribution in [-0.2, 0) is 5.54 Å². The van der Waals surface area contributed by atoms with Crippen molar-refractivity contribution in [3.8, 4) is 6.07 Å². The number of urea groups is 1. The molecule has 0 spiro atoms. The second kappa shape index (κ2) is 6.54. The Bertz CT molecular complexity index is 933. The molecule has 1 fully saturated rings. The van der Waals surface area contributed by atoms with E-state index in [2.05, 4.69) is 11.4 Å². The molecule has 0 aromatic heterocycles. The summed E-state index contributed by atoms with van der Waals surface area (Å²) in [5, 5.41) is 12.6. The van der Waals surface area contributed by atoms with Crippen LogP contribution in [-0.4, -0.2) is 23.6 Å². The van der Waals surface area contributed by atoms with E-state index in [1.165, 1.54) is 6.92 Å². The highest BCUT2D eigenvalue weighted by Crippen LogP contribution is 2.57. The minimum Gasteiger partial charge on any atom is -0.307 e. The maximum absolute atomic E-state index is 14.1. The lowest BCUT2D eigenvalue weighted by Crippen LogP contribution is -2.58. The van der Waals surface area contributed by atoms with Crippen LogP contribution in [0.5, 0.6) is 0 Å². The molecule has 1 unspecified atom stereocenters. The van der Waals surface area contributed by atoms with Gasteiger partial charge in [0.2, 0.25) is 0 Å². The fourth-order valence-corrected chi connectivity index (χ4v) is 4.37. The number of amides is 2. The standard InChI is InChI=1S/C21H19ClFN3O/c1-13(23)12-26-20(27)25-19-9-8-17(22)10-18(19)21(26,16-6-7-16)15-4-2-14(11-24)3-5-15/h2-5,8-10,13,16H,6-7,12H2,1H3,(H,25,27)/t13?,21-/m1/s1. The molecule has 2 amide bonds. The van der Waals surface area contributed by atoms with E-state index in [9.17, 15) is 9.18 Å². The van der Waals surface area contributed by atoms with E-state index in [-0.39, 0.29) is 18.5 Å². The molecule has 27 heavy (non-hydrogen) atoms. The summed E-state index contributed by atoms with van der Waals surface area (Å²) in [6.07, 6.45) is 0.709. The zero-order valence-electron chi connectivity index (χ0n) is 14.9. The largest absolute Gasteiger partial charge is 0.322 e. The van der Waals surface area contributed by atoms with Gasteiger partial charge in [0, 0.05) is 16.3 Å². The first-order valence-corrected chi connectivity index (χ1v) is 9.38. The van der Waals surface area contributed by atoms with Crippen LogP contribution in [0.1, 0.15) is 36.5 Å². The smallest absolute Gasteiger partial charge is 0.307 e. The Morgan fingerprint density at radius 1 is 1.33 bits per heavy atom. The van der Waals surface area contributed by atoms with Gasteiger partial charge in [-0.25, -0.2) is 9.18 Å². The van der Waals surface area contributed by atoms with Crippen LogP contribution in [0.25, 0.3) is 0 Å². The SMILES string of the molecule is CC(F)CN1C(=O)Nc2ccc(Cl)cc2[C@@]1(c1ccc(C#N)cc1)C1CC1. The van der Waals surface area contributed by atoms with Crippen molar-refractivity contribution in [1.29, 1.82) is 5.26 Å². The molecule has 1 saturated carbocycles. The number of hydrogen-bond donors (Lipinski definition) is 1. The zero-order chi connectivity index (χ0) is 19.2. The highest BCUT2D eigenvalue weighted by molar-refractivity contribution is 6.30. The molecule has 2 aromatic rings. The lowest BCUT2D eigenvalue weighted by molar-refractivity contribution is 0.103. The van der Waals surface area contributed by atoms with Crippen molar-refractivity contribution in [3.05, 3.63) is 64.2 Å². The predicted molar refractivity (Wildman–Crippen MR) is 102 cm³/mol. The van der Waals surface area contributed by atoms with Crippen molar-refractivity contribution in [1.82, 2.24) is 4.90 Å². The van der Waals surface area contributed by atoms with Gasteiger partial charge in [0.1, 0.15) is 11.7 Å². The van der Waals surface area contributed by atoms with E-state index in [0.717, 1.165) is 24.0 Å². The topological polar surface area (TPSA) is 56.1 Å². The number of benzene rings is 2. The number of nitriles is 1. The summed E-state index contributed by atoms with van der Waals surface area (Å²) in [4.78, 5) is 14.6. The highest BCUT2D eigenvalue weighted by atomic mass is 35.5. The number of anilines is 1. The molecule has 0 bridgehead atoms. The number of alkyl halides is 1. The molecule has 4 rings (SSSR count). The van der Waals surface area contributed by atoms with Crippen molar-refractivity contribution in [2.45, 2.75) is 31.5 Å². The first-order valence-electron chi connectivity index (χ1n) is 9.00. The molecule has 1 aliphatic heterocycles. The number of rotatable bonds is 4. The fourth-order valence-electron chi connectivity index (χ4n) is 4.19. The van der Waals surface area contributed by atoms with Gasteiger partial charge in [0.15, 0.2) is 0 Å². The average Bonchev–Trinajstić information content (AvgIpc) is 3.48. The Hall–Kier alpha value is -2.58. The Morgan fingerprint density at radius 2 is 2.04 bits per heavy atom. The number of fused-ring (bicyclic) bond motifs is 1. The van der Waals surface area contributed by atoms with E-state index >= 15 is 0 Å². The van der Waals surface area contributed by atoms with Crippen LogP contribution in [0.4, 0.5) is 14.9 Å². The Balaban J connectivity index is 2.00. The third kappa shape index (κ3) is 2.85. The Labute approximate surface area is 162 Å². The molecule has 2 aliphatic rings. The molecular weight excluding hydrogens is 365 g/mol. The van der Waals surface area contributed by atoms with Crippen molar-refractivity contribution in [2.75, 3.05) is 11.9 Å². The third-order valence-corrected chi connectivity index (χ3v) is 5.60. The van der Waals surface area contributed by atoms with Crippen molar-refractivity contribution in [2.24, 2.45) is 5.92 Å². The maximum Gasteiger partial charge on any atom is 0.322 e. The summed E-state index contributed by atoms with van der Waals surface area (Å²) in [7, 11) is 0. The monoisotopic (exact) mass is 383 g/mol. The summed E-state index contributed by atoms with van der Waals surface area (Å²) in [5.74, 6) is 0.174. The summed E-state index contributed by atoms with van der Waals surface area (Å²) >= 11 is 6.31. The lowest BCUT2D eigenvalue weighted by Gasteiger charge is -2.49. The van der Waals surface area contributed by atoms with Crippen LogP contribution in [0.15, 0.2) is 42.5 Å². The highest BCUT2D eigenvalue weighted by Gasteiger charge is 2.56. The number of nitrogens with zero attached hydrogens (tertiary/aromatic N) is 2. The first kappa shape index (κ1) is 17.8. The molecule has 4 nitrogen and oxygen atoms in total. The molecule has 2 aromatic carbocycles. The van der Waals surface area contributed by atoms with Gasteiger partial charge in [-0.15, -0.1) is 0 Å². The van der Waals surface area contributed by atoms with E-state index in [1.807, 2.05) is 18.2 Å². The second-order valence-corrected chi connectivity index (χ2v) is 7.68. The van der Waals surface area contributed by atoms with Gasteiger partial charge in [0.25, 0.3) is 0 Å². The van der Waals surface area contributed by atoms with Crippen LogP contribution in [0.2, 0.25) is 5.02 Å². The average molecular weight is 384 g/mol. The Kier molecular flexibility index (Phi) is 4.32. The van der Waals surface area contributed by atoms with Crippen molar-refractivity contribution in [3.63, 3.8) is 0 Å². The molecule has 0 saturated heterocycles. The van der Waals surface area contributed by atoms with E-state index in [1.54, 1.807) is 29.2 Å². The number of hydrogen-bond acceptors (Lipinski definition) is 2. The summed E-state index contributed by atoms with van der Waals surface area (Å²) in [6.45, 7) is 1.44. The summed E-state index contributed by atoms with van der Waals surface area (Å²) < 4.78 is 14.1. The lowest BCUT2D eigenvalue weighted by atomic mass is 9.75.